The van der Waals surface area contributed by atoms with E-state index in [2.05, 4.69) is 10.2 Å². The molecule has 0 aromatic carbocycles. The summed E-state index contributed by atoms with van der Waals surface area (Å²) in [7, 11) is 0. The van der Waals surface area contributed by atoms with E-state index in [1.54, 1.807) is 6.92 Å². The van der Waals surface area contributed by atoms with E-state index in [4.69, 9.17) is 0 Å². The van der Waals surface area contributed by atoms with Gasteiger partial charge in [-0.15, -0.1) is 10.2 Å². The summed E-state index contributed by atoms with van der Waals surface area (Å²) in [6, 6.07) is 0. The van der Waals surface area contributed by atoms with Crippen molar-refractivity contribution in [3.8, 4) is 0 Å². The SMILES string of the molecule is Cc1nnc(C(=O)N2CCC=C(F)C2)s1. The van der Waals surface area contributed by atoms with Gasteiger partial charge in [-0.2, -0.15) is 0 Å². The van der Waals surface area contributed by atoms with Crippen LogP contribution >= 0.6 is 11.3 Å². The van der Waals surface area contributed by atoms with Gasteiger partial charge in [-0.05, 0) is 19.4 Å². The first-order valence-corrected chi connectivity index (χ1v) is 5.42. The van der Waals surface area contributed by atoms with E-state index in [-0.39, 0.29) is 18.3 Å². The molecule has 1 aromatic rings. The Balaban J connectivity index is 2.12. The zero-order chi connectivity index (χ0) is 10.8. The maximum atomic E-state index is 12.9. The van der Waals surface area contributed by atoms with Crippen LogP contribution in [0.15, 0.2) is 11.9 Å². The Morgan fingerprint density at radius 1 is 1.60 bits per heavy atom. The van der Waals surface area contributed by atoms with Gasteiger partial charge in [0.25, 0.3) is 5.91 Å². The van der Waals surface area contributed by atoms with Crippen LogP contribution in [0.25, 0.3) is 0 Å². The zero-order valence-corrected chi connectivity index (χ0v) is 9.05. The Hall–Kier alpha value is -1.30. The highest BCUT2D eigenvalue weighted by Gasteiger charge is 2.22. The van der Waals surface area contributed by atoms with Gasteiger partial charge in [-0.1, -0.05) is 11.3 Å². The molecule has 0 fully saturated rings. The average molecular weight is 227 g/mol. The monoisotopic (exact) mass is 227 g/mol. The first-order valence-electron chi connectivity index (χ1n) is 4.61. The molecule has 0 radical (unpaired) electrons. The number of hydrogen-bond acceptors (Lipinski definition) is 4. The number of aromatic nitrogens is 2. The topological polar surface area (TPSA) is 46.1 Å². The summed E-state index contributed by atoms with van der Waals surface area (Å²) in [6.45, 7) is 2.38. The molecule has 0 saturated carbocycles. The summed E-state index contributed by atoms with van der Waals surface area (Å²) in [5.41, 5.74) is 0. The Morgan fingerprint density at radius 3 is 3.00 bits per heavy atom. The largest absolute Gasteiger partial charge is 0.330 e. The molecule has 1 aliphatic rings. The number of carbonyl (C=O) groups is 1. The molecule has 80 valence electrons. The zero-order valence-electron chi connectivity index (χ0n) is 8.23. The van der Waals surface area contributed by atoms with Crippen molar-refractivity contribution in [2.24, 2.45) is 0 Å². The van der Waals surface area contributed by atoms with Crippen LogP contribution in [-0.4, -0.2) is 34.1 Å². The first kappa shape index (κ1) is 10.2. The van der Waals surface area contributed by atoms with Crippen LogP contribution in [0.5, 0.6) is 0 Å². The van der Waals surface area contributed by atoms with Gasteiger partial charge >= 0.3 is 0 Å². The van der Waals surface area contributed by atoms with E-state index < -0.39 is 0 Å². The molecule has 1 amide bonds. The van der Waals surface area contributed by atoms with Crippen molar-refractivity contribution in [3.63, 3.8) is 0 Å². The summed E-state index contributed by atoms with van der Waals surface area (Å²) in [6.07, 6.45) is 2.07. The van der Waals surface area contributed by atoms with Crippen LogP contribution in [0.3, 0.4) is 0 Å². The second-order valence-corrected chi connectivity index (χ2v) is 4.47. The van der Waals surface area contributed by atoms with Gasteiger partial charge in [0.15, 0.2) is 0 Å². The number of carbonyl (C=O) groups excluding carboxylic acids is 1. The van der Waals surface area contributed by atoms with Gasteiger partial charge < -0.3 is 4.90 Å². The van der Waals surface area contributed by atoms with Gasteiger partial charge in [0.05, 0.1) is 6.54 Å². The second-order valence-electron chi connectivity index (χ2n) is 3.29. The molecule has 2 rings (SSSR count). The standard InChI is InChI=1S/C9H10FN3OS/c1-6-11-12-8(15-6)9(14)13-4-2-3-7(10)5-13/h3H,2,4-5H2,1H3. The van der Waals surface area contributed by atoms with Crippen LogP contribution in [0, 0.1) is 6.92 Å². The number of rotatable bonds is 1. The van der Waals surface area contributed by atoms with E-state index >= 15 is 0 Å². The number of aryl methyl sites for hydroxylation is 1. The smallest absolute Gasteiger partial charge is 0.285 e. The molecule has 0 spiro atoms. The highest BCUT2D eigenvalue weighted by Crippen LogP contribution is 2.16. The van der Waals surface area contributed by atoms with Crippen LogP contribution in [0.2, 0.25) is 0 Å². The molecule has 2 heterocycles. The number of hydrogen-bond donors (Lipinski definition) is 0. The van der Waals surface area contributed by atoms with E-state index in [1.807, 2.05) is 0 Å². The Morgan fingerprint density at radius 2 is 2.40 bits per heavy atom. The molecule has 15 heavy (non-hydrogen) atoms. The molecule has 0 N–H and O–H groups in total. The van der Waals surface area contributed by atoms with Crippen molar-refractivity contribution >= 4 is 17.2 Å². The fourth-order valence-corrected chi connectivity index (χ4v) is 2.05. The lowest BCUT2D eigenvalue weighted by atomic mass is 10.2. The van der Waals surface area contributed by atoms with Crippen molar-refractivity contribution < 1.29 is 9.18 Å². The van der Waals surface area contributed by atoms with Crippen LogP contribution in [0.4, 0.5) is 4.39 Å². The number of amides is 1. The molecule has 1 aliphatic heterocycles. The molecule has 6 heteroatoms. The van der Waals surface area contributed by atoms with Crippen LogP contribution in [-0.2, 0) is 0 Å². The normalized spacial score (nSPS) is 16.4. The van der Waals surface area contributed by atoms with Gasteiger partial charge in [0.1, 0.15) is 10.8 Å². The van der Waals surface area contributed by atoms with Crippen molar-refractivity contribution in [1.29, 1.82) is 0 Å². The summed E-state index contributed by atoms with van der Waals surface area (Å²) in [5.74, 6) is -0.486. The van der Waals surface area contributed by atoms with E-state index in [0.717, 1.165) is 5.01 Å². The predicted octanol–water partition coefficient (Wildman–Crippen LogP) is 1.55. The fourth-order valence-electron chi connectivity index (χ4n) is 1.39. The summed E-state index contributed by atoms with van der Waals surface area (Å²) < 4.78 is 12.9. The lowest BCUT2D eigenvalue weighted by Gasteiger charge is -2.23. The maximum Gasteiger partial charge on any atom is 0.285 e. The molecule has 0 aliphatic carbocycles. The summed E-state index contributed by atoms with van der Waals surface area (Å²) in [5, 5.41) is 8.59. The fraction of sp³-hybridized carbons (Fsp3) is 0.444. The van der Waals surface area contributed by atoms with E-state index in [0.29, 0.717) is 18.0 Å². The molecule has 0 atom stereocenters. The Bertz CT molecular complexity index is 415. The predicted molar refractivity (Wildman–Crippen MR) is 54.4 cm³/mol. The highest BCUT2D eigenvalue weighted by molar-refractivity contribution is 7.13. The molecular formula is C9H10FN3OS. The maximum absolute atomic E-state index is 12.9. The number of nitrogens with zero attached hydrogens (tertiary/aromatic N) is 3. The third-order valence-electron chi connectivity index (χ3n) is 2.10. The highest BCUT2D eigenvalue weighted by atomic mass is 32.1. The summed E-state index contributed by atoms with van der Waals surface area (Å²) >= 11 is 1.24. The molecule has 0 unspecified atom stereocenters. The van der Waals surface area contributed by atoms with Gasteiger partial charge in [0.2, 0.25) is 5.01 Å². The molecule has 1 aromatic heterocycles. The lowest BCUT2D eigenvalue weighted by molar-refractivity contribution is 0.0754. The Labute approximate surface area is 90.4 Å². The molecule has 0 bridgehead atoms. The van der Waals surface area contributed by atoms with Crippen molar-refractivity contribution in [2.75, 3.05) is 13.1 Å². The number of halogens is 1. The minimum absolute atomic E-state index is 0.0530. The molecule has 4 nitrogen and oxygen atoms in total. The second kappa shape index (κ2) is 4.06. The van der Waals surface area contributed by atoms with Gasteiger partial charge in [-0.3, -0.25) is 4.79 Å². The van der Waals surface area contributed by atoms with Crippen molar-refractivity contribution in [2.45, 2.75) is 13.3 Å². The van der Waals surface area contributed by atoms with Crippen LogP contribution < -0.4 is 0 Å². The first-order chi connectivity index (χ1) is 7.16. The lowest BCUT2D eigenvalue weighted by Crippen LogP contribution is -2.35. The van der Waals surface area contributed by atoms with Crippen molar-refractivity contribution in [3.05, 3.63) is 21.9 Å². The Kier molecular flexibility index (Phi) is 2.77. The third-order valence-corrected chi connectivity index (χ3v) is 2.93. The average Bonchev–Trinajstić information content (AvgIpc) is 2.64. The van der Waals surface area contributed by atoms with E-state index in [1.165, 1.54) is 22.3 Å². The molecule has 0 saturated heterocycles. The summed E-state index contributed by atoms with van der Waals surface area (Å²) in [4.78, 5) is 13.3. The third kappa shape index (κ3) is 2.20. The van der Waals surface area contributed by atoms with E-state index in [9.17, 15) is 9.18 Å². The van der Waals surface area contributed by atoms with Crippen molar-refractivity contribution in [1.82, 2.24) is 15.1 Å². The van der Waals surface area contributed by atoms with Crippen LogP contribution in [0.1, 0.15) is 21.2 Å². The minimum atomic E-state index is -0.254. The van der Waals surface area contributed by atoms with Gasteiger partial charge in [0, 0.05) is 6.54 Å². The molecular weight excluding hydrogens is 217 g/mol. The van der Waals surface area contributed by atoms with Gasteiger partial charge in [-0.25, -0.2) is 4.39 Å². The quantitative estimate of drug-likeness (QED) is 0.731. The minimum Gasteiger partial charge on any atom is -0.330 e.